The van der Waals surface area contributed by atoms with E-state index in [1.807, 2.05) is 0 Å². The summed E-state index contributed by atoms with van der Waals surface area (Å²) in [6.45, 7) is 28.1. The lowest BCUT2D eigenvalue weighted by Gasteiger charge is -2.49. The SMILES string of the molecule is CCC(C)(C)O[Si](C)(C)C(C)(CC)O[Si](C)(C)CC[Si](C)(C)C. The quantitative estimate of drug-likeness (QED) is 0.397. The van der Waals surface area contributed by atoms with Crippen LogP contribution in [0.2, 0.25) is 57.9 Å². The van der Waals surface area contributed by atoms with Crippen LogP contribution in [-0.4, -0.2) is 35.5 Å². The molecule has 0 bridgehead atoms. The van der Waals surface area contributed by atoms with E-state index in [9.17, 15) is 0 Å². The van der Waals surface area contributed by atoms with Gasteiger partial charge in [-0.1, -0.05) is 39.5 Å². The van der Waals surface area contributed by atoms with E-state index in [0.717, 1.165) is 12.8 Å². The fourth-order valence-electron chi connectivity index (χ4n) is 2.83. The van der Waals surface area contributed by atoms with Crippen molar-refractivity contribution in [2.75, 3.05) is 0 Å². The normalized spacial score (nSPS) is 17.2. The first-order valence-corrected chi connectivity index (χ1v) is 19.1. The van der Waals surface area contributed by atoms with Gasteiger partial charge in [-0.15, -0.1) is 0 Å². The third-order valence-corrected chi connectivity index (χ3v) is 14.3. The fraction of sp³-hybridized carbons (Fsp3) is 1.00. The summed E-state index contributed by atoms with van der Waals surface area (Å²) in [5.41, 5.74) is -0.0560. The molecule has 0 aromatic rings. The smallest absolute Gasteiger partial charge is 0.217 e. The van der Waals surface area contributed by atoms with Gasteiger partial charge in [0.05, 0.1) is 10.8 Å². The van der Waals surface area contributed by atoms with Crippen LogP contribution < -0.4 is 0 Å². The van der Waals surface area contributed by atoms with E-state index >= 15 is 0 Å². The van der Waals surface area contributed by atoms with Crippen LogP contribution in [0, 0.1) is 0 Å². The molecule has 1 unspecified atom stereocenters. The molecule has 0 spiro atoms. The van der Waals surface area contributed by atoms with Crippen LogP contribution in [0.3, 0.4) is 0 Å². The van der Waals surface area contributed by atoms with Gasteiger partial charge in [-0.25, -0.2) is 0 Å². The van der Waals surface area contributed by atoms with Gasteiger partial charge in [0.2, 0.25) is 8.32 Å². The van der Waals surface area contributed by atoms with Gasteiger partial charge in [-0.05, 0) is 65.8 Å². The van der Waals surface area contributed by atoms with Crippen LogP contribution in [-0.2, 0) is 8.85 Å². The highest BCUT2D eigenvalue weighted by Gasteiger charge is 2.49. The minimum absolute atomic E-state index is 0.0560. The number of hydrogen-bond donors (Lipinski definition) is 0. The predicted molar refractivity (Wildman–Crippen MR) is 113 cm³/mol. The minimum Gasteiger partial charge on any atom is -0.412 e. The Labute approximate surface area is 150 Å². The zero-order valence-electron chi connectivity index (χ0n) is 18.1. The van der Waals surface area contributed by atoms with Crippen molar-refractivity contribution in [2.24, 2.45) is 0 Å². The third-order valence-electron chi connectivity index (χ3n) is 5.31. The largest absolute Gasteiger partial charge is 0.412 e. The van der Waals surface area contributed by atoms with Crippen molar-refractivity contribution in [1.82, 2.24) is 0 Å². The highest BCUT2D eigenvalue weighted by Crippen LogP contribution is 2.37. The van der Waals surface area contributed by atoms with Gasteiger partial charge in [0.25, 0.3) is 0 Å². The molecule has 0 heterocycles. The summed E-state index contributed by atoms with van der Waals surface area (Å²) in [5.74, 6) is 0. The maximum absolute atomic E-state index is 6.92. The Bertz CT molecular complexity index is 373. The number of rotatable bonds is 10. The Morgan fingerprint density at radius 1 is 0.696 bits per heavy atom. The zero-order chi connectivity index (χ0) is 18.7. The molecular weight excluding hydrogens is 332 g/mol. The van der Waals surface area contributed by atoms with Crippen LogP contribution >= 0.6 is 0 Å². The summed E-state index contributed by atoms with van der Waals surface area (Å²) >= 11 is 0. The summed E-state index contributed by atoms with van der Waals surface area (Å²) in [6, 6.07) is 2.65. The molecule has 5 heteroatoms. The zero-order valence-corrected chi connectivity index (χ0v) is 21.1. The van der Waals surface area contributed by atoms with E-state index in [4.69, 9.17) is 8.85 Å². The second kappa shape index (κ2) is 7.85. The second-order valence-corrected chi connectivity index (χ2v) is 24.4. The highest BCUT2D eigenvalue weighted by molar-refractivity contribution is 6.80. The van der Waals surface area contributed by atoms with Crippen molar-refractivity contribution in [3.63, 3.8) is 0 Å². The van der Waals surface area contributed by atoms with Crippen molar-refractivity contribution in [2.45, 2.75) is 116 Å². The van der Waals surface area contributed by atoms with Crippen molar-refractivity contribution in [1.29, 1.82) is 0 Å². The summed E-state index contributed by atoms with van der Waals surface area (Å²) < 4.78 is 13.6. The molecule has 0 aliphatic carbocycles. The lowest BCUT2D eigenvalue weighted by molar-refractivity contribution is 0.0478. The maximum atomic E-state index is 6.92. The summed E-state index contributed by atoms with van der Waals surface area (Å²) in [4.78, 5) is 0. The molecule has 0 aromatic carbocycles. The van der Waals surface area contributed by atoms with Crippen LogP contribution in [0.15, 0.2) is 0 Å². The highest BCUT2D eigenvalue weighted by atomic mass is 28.4. The second-order valence-electron chi connectivity index (χ2n) is 10.2. The van der Waals surface area contributed by atoms with E-state index in [2.05, 4.69) is 80.4 Å². The topological polar surface area (TPSA) is 18.5 Å². The first-order chi connectivity index (χ1) is 9.99. The molecule has 0 aliphatic heterocycles. The average Bonchev–Trinajstić information content (AvgIpc) is 2.34. The Kier molecular flexibility index (Phi) is 8.05. The van der Waals surface area contributed by atoms with Crippen LogP contribution in [0.5, 0.6) is 0 Å². The number of hydrogen-bond acceptors (Lipinski definition) is 2. The molecular formula is C18H44O2Si3. The summed E-state index contributed by atoms with van der Waals surface area (Å²) in [6.07, 6.45) is 2.08. The monoisotopic (exact) mass is 376 g/mol. The molecule has 0 saturated carbocycles. The molecule has 0 amide bonds. The van der Waals surface area contributed by atoms with E-state index in [1.54, 1.807) is 0 Å². The first-order valence-electron chi connectivity index (χ1n) is 9.39. The van der Waals surface area contributed by atoms with Crippen LogP contribution in [0.1, 0.15) is 47.5 Å². The summed E-state index contributed by atoms with van der Waals surface area (Å²) in [7, 11) is -4.66. The Morgan fingerprint density at radius 3 is 1.52 bits per heavy atom. The van der Waals surface area contributed by atoms with Gasteiger partial charge in [0, 0.05) is 8.07 Å². The van der Waals surface area contributed by atoms with Crippen molar-refractivity contribution >= 4 is 24.7 Å². The van der Waals surface area contributed by atoms with Crippen molar-refractivity contribution in [3.05, 3.63) is 0 Å². The molecule has 0 saturated heterocycles. The molecule has 0 N–H and O–H groups in total. The molecule has 1 atom stereocenters. The molecule has 140 valence electrons. The third kappa shape index (κ3) is 7.99. The molecule has 0 fully saturated rings. The predicted octanol–water partition coefficient (Wildman–Crippen LogP) is 6.66. The molecule has 2 nitrogen and oxygen atoms in total. The lowest BCUT2D eigenvalue weighted by Crippen LogP contribution is -2.62. The van der Waals surface area contributed by atoms with Gasteiger partial charge in [0.15, 0.2) is 8.32 Å². The van der Waals surface area contributed by atoms with Gasteiger partial charge in [0.1, 0.15) is 0 Å². The minimum atomic E-state index is -1.97. The standard InChI is InChI=1S/C18H44O2Si3/c1-13-17(3,4)19-23(11,12)18(5,14-2)20-22(9,10)16-15-21(6,7)8/h13-16H2,1-12H3. The van der Waals surface area contributed by atoms with E-state index in [1.165, 1.54) is 12.1 Å². The van der Waals surface area contributed by atoms with Crippen LogP contribution in [0.25, 0.3) is 0 Å². The van der Waals surface area contributed by atoms with Crippen molar-refractivity contribution < 1.29 is 8.85 Å². The van der Waals surface area contributed by atoms with Gasteiger partial charge in [-0.2, -0.15) is 0 Å². The molecule has 0 aromatic heterocycles. The van der Waals surface area contributed by atoms with Crippen LogP contribution in [0.4, 0.5) is 0 Å². The Balaban J connectivity index is 5.21. The van der Waals surface area contributed by atoms with E-state index in [0.29, 0.717) is 0 Å². The van der Waals surface area contributed by atoms with Gasteiger partial charge < -0.3 is 8.85 Å². The van der Waals surface area contributed by atoms with E-state index < -0.39 is 24.7 Å². The van der Waals surface area contributed by atoms with E-state index in [-0.39, 0.29) is 10.8 Å². The first kappa shape index (κ1) is 23.6. The Hall–Kier alpha value is 0.571. The Morgan fingerprint density at radius 2 is 1.17 bits per heavy atom. The molecule has 0 rings (SSSR count). The summed E-state index contributed by atoms with van der Waals surface area (Å²) in [5, 5.41) is -0.103. The van der Waals surface area contributed by atoms with Crippen molar-refractivity contribution in [3.8, 4) is 0 Å². The fourth-order valence-corrected chi connectivity index (χ4v) is 14.1. The van der Waals surface area contributed by atoms with Gasteiger partial charge in [-0.3, -0.25) is 0 Å². The molecule has 23 heavy (non-hydrogen) atoms. The van der Waals surface area contributed by atoms with Gasteiger partial charge >= 0.3 is 0 Å². The maximum Gasteiger partial charge on any atom is 0.217 e. The molecule has 0 aliphatic rings. The lowest BCUT2D eigenvalue weighted by atomic mass is 10.1. The average molecular weight is 377 g/mol. The molecule has 0 radical (unpaired) electrons.